The van der Waals surface area contributed by atoms with E-state index in [4.69, 9.17) is 0 Å². The van der Waals surface area contributed by atoms with Gasteiger partial charge in [0.05, 0.1) is 11.7 Å². The number of hydrogen-bond acceptors (Lipinski definition) is 5. The number of ketones is 1. The molecular weight excluding hydrogens is 336 g/mol. The number of carbonyl (C=O) groups excluding carboxylic acids is 1. The van der Waals surface area contributed by atoms with Crippen molar-refractivity contribution in [2.45, 2.75) is 65.6 Å². The standard InChI is InChI=1S/C20H28O6/c1-9(2)12-16(23)17(24)14-15(22)13-11(18(25)26)10(21)5-6-19(13,3)7-8-20(12,14)4/h9-10,12,16,21-23H,5-8H2,1-4H3,(H,25,26). The summed E-state index contributed by atoms with van der Waals surface area (Å²) in [6, 6.07) is 0. The third kappa shape index (κ3) is 2.38. The minimum absolute atomic E-state index is 0.0238. The maximum atomic E-state index is 12.9. The number of fused-ring (bicyclic) bond motifs is 2. The molecule has 3 aliphatic carbocycles. The summed E-state index contributed by atoms with van der Waals surface area (Å²) in [7, 11) is 0. The molecule has 0 spiro atoms. The maximum Gasteiger partial charge on any atom is 0.334 e. The fourth-order valence-corrected chi connectivity index (χ4v) is 5.68. The van der Waals surface area contributed by atoms with Gasteiger partial charge in [-0.1, -0.05) is 27.7 Å². The number of aliphatic carboxylic acids is 1. The van der Waals surface area contributed by atoms with E-state index in [-0.39, 0.29) is 34.3 Å². The van der Waals surface area contributed by atoms with Gasteiger partial charge < -0.3 is 20.4 Å². The Morgan fingerprint density at radius 1 is 1.12 bits per heavy atom. The minimum atomic E-state index is -1.28. The number of aliphatic hydroxyl groups excluding tert-OH is 3. The fourth-order valence-electron chi connectivity index (χ4n) is 5.68. The van der Waals surface area contributed by atoms with Crippen molar-refractivity contribution in [1.82, 2.24) is 0 Å². The van der Waals surface area contributed by atoms with E-state index in [0.29, 0.717) is 25.7 Å². The highest BCUT2D eigenvalue weighted by atomic mass is 16.4. The Kier molecular flexibility index (Phi) is 4.36. The molecule has 0 aromatic rings. The second-order valence-corrected chi connectivity index (χ2v) is 8.93. The molecule has 0 bridgehead atoms. The van der Waals surface area contributed by atoms with Crippen LogP contribution in [0.25, 0.3) is 0 Å². The summed E-state index contributed by atoms with van der Waals surface area (Å²) in [4.78, 5) is 24.7. The third-order valence-corrected chi connectivity index (χ3v) is 6.96. The first-order chi connectivity index (χ1) is 12.0. The lowest BCUT2D eigenvalue weighted by molar-refractivity contribution is -0.134. The van der Waals surface area contributed by atoms with Crippen LogP contribution in [0.3, 0.4) is 0 Å². The van der Waals surface area contributed by atoms with E-state index in [2.05, 4.69) is 0 Å². The van der Waals surface area contributed by atoms with Crippen molar-refractivity contribution in [2.75, 3.05) is 0 Å². The van der Waals surface area contributed by atoms with Gasteiger partial charge in [0.25, 0.3) is 0 Å². The SMILES string of the molecule is CC(C)C1C(O)C(=O)C2=C(O)C3=C(C(=O)O)C(O)CCC3(C)CCC21C. The number of allylic oxidation sites excluding steroid dienone is 1. The molecule has 3 aliphatic rings. The number of aliphatic hydroxyl groups is 3. The average Bonchev–Trinajstić information content (AvgIpc) is 2.68. The largest absolute Gasteiger partial charge is 0.507 e. The van der Waals surface area contributed by atoms with Gasteiger partial charge in [-0.15, -0.1) is 0 Å². The van der Waals surface area contributed by atoms with Crippen molar-refractivity contribution in [1.29, 1.82) is 0 Å². The number of Topliss-reactive ketones (excluding diaryl/α,β-unsaturated/α-hetero) is 1. The molecular formula is C20H28O6. The van der Waals surface area contributed by atoms with Crippen molar-refractivity contribution in [3.05, 3.63) is 22.5 Å². The third-order valence-electron chi connectivity index (χ3n) is 6.96. The lowest BCUT2D eigenvalue weighted by atomic mass is 9.65. The summed E-state index contributed by atoms with van der Waals surface area (Å²) in [5.74, 6) is -2.45. The summed E-state index contributed by atoms with van der Waals surface area (Å²) >= 11 is 0. The Hall–Kier alpha value is -1.66. The molecule has 1 fully saturated rings. The van der Waals surface area contributed by atoms with Crippen LogP contribution in [-0.2, 0) is 9.59 Å². The van der Waals surface area contributed by atoms with Crippen LogP contribution in [0, 0.1) is 22.7 Å². The van der Waals surface area contributed by atoms with Crippen molar-refractivity contribution in [3.63, 3.8) is 0 Å². The Morgan fingerprint density at radius 3 is 2.27 bits per heavy atom. The van der Waals surface area contributed by atoms with Crippen molar-refractivity contribution < 1.29 is 30.0 Å². The highest BCUT2D eigenvalue weighted by Gasteiger charge is 2.59. The molecule has 3 rings (SSSR count). The van der Waals surface area contributed by atoms with Crippen LogP contribution in [0.1, 0.15) is 53.4 Å². The second kappa shape index (κ2) is 5.92. The van der Waals surface area contributed by atoms with Crippen LogP contribution in [0.15, 0.2) is 22.5 Å². The molecule has 0 saturated heterocycles. The maximum absolute atomic E-state index is 12.9. The van der Waals surface area contributed by atoms with Crippen molar-refractivity contribution in [3.8, 4) is 0 Å². The van der Waals surface area contributed by atoms with E-state index < -0.39 is 34.8 Å². The Labute approximate surface area is 153 Å². The first-order valence-electron chi connectivity index (χ1n) is 9.28. The normalized spacial score (nSPS) is 40.6. The first kappa shape index (κ1) is 19.1. The summed E-state index contributed by atoms with van der Waals surface area (Å²) in [5, 5.41) is 41.6. The van der Waals surface area contributed by atoms with E-state index in [1.54, 1.807) is 0 Å². The van der Waals surface area contributed by atoms with Gasteiger partial charge in [-0.05, 0) is 37.0 Å². The van der Waals surface area contributed by atoms with Gasteiger partial charge in [-0.3, -0.25) is 4.79 Å². The summed E-state index contributed by atoms with van der Waals surface area (Å²) in [6.07, 6.45) is -0.379. The van der Waals surface area contributed by atoms with E-state index in [0.717, 1.165) is 0 Å². The molecule has 0 heterocycles. The van der Waals surface area contributed by atoms with Crippen LogP contribution in [-0.4, -0.2) is 44.4 Å². The van der Waals surface area contributed by atoms with Gasteiger partial charge in [-0.25, -0.2) is 4.79 Å². The Morgan fingerprint density at radius 2 is 1.73 bits per heavy atom. The zero-order chi connectivity index (χ0) is 19.6. The van der Waals surface area contributed by atoms with Gasteiger partial charge in [-0.2, -0.15) is 0 Å². The highest BCUT2D eigenvalue weighted by Crippen LogP contribution is 2.60. The molecule has 26 heavy (non-hydrogen) atoms. The van der Waals surface area contributed by atoms with E-state index >= 15 is 0 Å². The molecule has 6 heteroatoms. The molecule has 6 nitrogen and oxygen atoms in total. The Bertz CT molecular complexity index is 733. The number of carboxylic acids is 1. The summed E-state index contributed by atoms with van der Waals surface area (Å²) < 4.78 is 0. The van der Waals surface area contributed by atoms with Gasteiger partial charge in [0.15, 0.2) is 5.78 Å². The van der Waals surface area contributed by atoms with E-state index in [9.17, 15) is 30.0 Å². The van der Waals surface area contributed by atoms with Crippen LogP contribution >= 0.6 is 0 Å². The van der Waals surface area contributed by atoms with E-state index in [1.165, 1.54) is 0 Å². The number of carbonyl (C=O) groups is 2. The molecule has 0 aromatic heterocycles. The highest BCUT2D eigenvalue weighted by molar-refractivity contribution is 6.04. The molecule has 5 atom stereocenters. The minimum Gasteiger partial charge on any atom is -0.507 e. The Balaban J connectivity index is 2.34. The zero-order valence-electron chi connectivity index (χ0n) is 15.7. The van der Waals surface area contributed by atoms with Crippen molar-refractivity contribution in [2.24, 2.45) is 22.7 Å². The van der Waals surface area contributed by atoms with Gasteiger partial charge in [0, 0.05) is 22.5 Å². The summed E-state index contributed by atoms with van der Waals surface area (Å²) in [6.45, 7) is 7.66. The molecule has 1 saturated carbocycles. The van der Waals surface area contributed by atoms with Gasteiger partial charge >= 0.3 is 5.97 Å². The van der Waals surface area contributed by atoms with Gasteiger partial charge in [0.1, 0.15) is 11.9 Å². The second-order valence-electron chi connectivity index (χ2n) is 8.93. The monoisotopic (exact) mass is 364 g/mol. The quantitative estimate of drug-likeness (QED) is 0.598. The predicted octanol–water partition coefficient (Wildman–Crippen LogP) is 2.36. The molecule has 144 valence electrons. The summed E-state index contributed by atoms with van der Waals surface area (Å²) in [5.41, 5.74) is -1.26. The van der Waals surface area contributed by atoms with Crippen LogP contribution in [0.4, 0.5) is 0 Å². The van der Waals surface area contributed by atoms with Crippen LogP contribution in [0.5, 0.6) is 0 Å². The number of rotatable bonds is 2. The molecule has 5 unspecified atom stereocenters. The predicted molar refractivity (Wildman–Crippen MR) is 94.3 cm³/mol. The van der Waals surface area contributed by atoms with Gasteiger partial charge in [0.2, 0.25) is 0 Å². The zero-order valence-corrected chi connectivity index (χ0v) is 15.7. The average molecular weight is 364 g/mol. The molecule has 4 N–H and O–H groups in total. The molecule has 0 aliphatic heterocycles. The van der Waals surface area contributed by atoms with Crippen LogP contribution < -0.4 is 0 Å². The number of carboxylic acid groups (broad SMARTS) is 1. The topological polar surface area (TPSA) is 115 Å². The lowest BCUT2D eigenvalue weighted by Gasteiger charge is -2.39. The molecule has 0 aromatic carbocycles. The number of hydrogen-bond donors (Lipinski definition) is 4. The fraction of sp³-hybridized carbons (Fsp3) is 0.700. The molecule has 0 amide bonds. The van der Waals surface area contributed by atoms with E-state index in [1.807, 2.05) is 27.7 Å². The first-order valence-corrected chi connectivity index (χ1v) is 9.28. The molecule has 0 radical (unpaired) electrons. The smallest absolute Gasteiger partial charge is 0.334 e. The van der Waals surface area contributed by atoms with Crippen molar-refractivity contribution >= 4 is 11.8 Å². The lowest BCUT2D eigenvalue weighted by Crippen LogP contribution is -2.36. The van der Waals surface area contributed by atoms with Crippen LogP contribution in [0.2, 0.25) is 0 Å².